The molecule has 3 atom stereocenters. The number of amides is 1. The Hall–Kier alpha value is -1.02. The van der Waals surface area contributed by atoms with Gasteiger partial charge in [-0.15, -0.1) is 0 Å². The average Bonchev–Trinajstić information content (AvgIpc) is 3.29. The molecule has 398 valence electrons. The second kappa shape index (κ2) is 49.9. The highest BCUT2D eigenvalue weighted by atomic mass is 31.2. The summed E-state index contributed by atoms with van der Waals surface area (Å²) in [5.74, 6) is -0.197. The lowest BCUT2D eigenvalue weighted by Gasteiger charge is -2.29. The fraction of sp³-hybridized carbons (Fsp3) is 0.914. The average molecular weight is 968 g/mol. The maximum Gasteiger partial charge on any atom is 0.268 e. The lowest BCUT2D eigenvalue weighted by molar-refractivity contribution is -0.870. The number of nitrogens with one attached hydrogen (secondary N) is 1. The van der Waals surface area contributed by atoms with Crippen molar-refractivity contribution in [1.82, 2.24) is 5.32 Å². The molecule has 0 bridgehead atoms. The molecule has 0 aliphatic rings. The summed E-state index contributed by atoms with van der Waals surface area (Å²) in [4.78, 5) is 25.5. The molecule has 0 aromatic carbocycles. The first-order valence-electron chi connectivity index (χ1n) is 29.2. The zero-order valence-corrected chi connectivity index (χ0v) is 46.3. The van der Waals surface area contributed by atoms with E-state index in [1.54, 1.807) is 6.08 Å². The number of phosphoric acid groups is 1. The maximum atomic E-state index is 13.0. The maximum absolute atomic E-state index is 13.0. The van der Waals surface area contributed by atoms with Crippen molar-refractivity contribution in [2.24, 2.45) is 0 Å². The van der Waals surface area contributed by atoms with Crippen molar-refractivity contribution < 1.29 is 32.9 Å². The molecule has 0 fully saturated rings. The van der Waals surface area contributed by atoms with Gasteiger partial charge in [0.05, 0.1) is 39.9 Å². The minimum atomic E-state index is -4.60. The number of unbranched alkanes of at least 4 members (excludes halogenated alkanes) is 39. The van der Waals surface area contributed by atoms with E-state index in [2.05, 4.69) is 31.3 Å². The number of hydrogen-bond donors (Lipinski definition) is 2. The topological polar surface area (TPSA) is 108 Å². The van der Waals surface area contributed by atoms with Crippen molar-refractivity contribution in [2.45, 2.75) is 302 Å². The van der Waals surface area contributed by atoms with Crippen LogP contribution in [0.2, 0.25) is 0 Å². The third kappa shape index (κ3) is 52.6. The molecule has 0 radical (unpaired) electrons. The van der Waals surface area contributed by atoms with Crippen LogP contribution < -0.4 is 10.2 Å². The van der Waals surface area contributed by atoms with Crippen molar-refractivity contribution >= 4 is 13.7 Å². The van der Waals surface area contributed by atoms with Crippen molar-refractivity contribution in [1.29, 1.82) is 0 Å². The van der Waals surface area contributed by atoms with Gasteiger partial charge in [-0.25, -0.2) is 0 Å². The first kappa shape index (κ1) is 66.0. The lowest BCUT2D eigenvalue weighted by Crippen LogP contribution is -2.45. The molecule has 67 heavy (non-hydrogen) atoms. The molecule has 0 aliphatic heterocycles. The van der Waals surface area contributed by atoms with Crippen LogP contribution in [0.3, 0.4) is 0 Å². The Morgan fingerprint density at radius 2 is 0.821 bits per heavy atom. The smallest absolute Gasteiger partial charge is 0.268 e. The summed E-state index contributed by atoms with van der Waals surface area (Å²) in [6, 6.07) is -0.887. The van der Waals surface area contributed by atoms with E-state index in [0.717, 1.165) is 38.5 Å². The third-order valence-corrected chi connectivity index (χ3v) is 14.4. The van der Waals surface area contributed by atoms with Gasteiger partial charge in [0.2, 0.25) is 5.91 Å². The van der Waals surface area contributed by atoms with Gasteiger partial charge in [-0.2, -0.15) is 0 Å². The van der Waals surface area contributed by atoms with Gasteiger partial charge >= 0.3 is 0 Å². The quantitative estimate of drug-likeness (QED) is 0.0272. The Balaban J connectivity index is 4.20. The highest BCUT2D eigenvalue weighted by Crippen LogP contribution is 2.38. The van der Waals surface area contributed by atoms with Gasteiger partial charge in [0.25, 0.3) is 7.82 Å². The Kier molecular flexibility index (Phi) is 49.2. The molecule has 0 saturated heterocycles. The normalized spacial score (nSPS) is 14.1. The van der Waals surface area contributed by atoms with E-state index < -0.39 is 20.0 Å². The molecule has 9 heteroatoms. The first-order chi connectivity index (χ1) is 32.5. The monoisotopic (exact) mass is 967 g/mol. The molecule has 0 aromatic rings. The van der Waals surface area contributed by atoms with Crippen LogP contribution in [-0.4, -0.2) is 68.5 Å². The highest BCUT2D eigenvalue weighted by Gasteiger charge is 2.23. The predicted molar refractivity (Wildman–Crippen MR) is 289 cm³/mol. The lowest BCUT2D eigenvalue weighted by atomic mass is 10.0. The van der Waals surface area contributed by atoms with Crippen LogP contribution in [0.5, 0.6) is 0 Å². The zero-order valence-electron chi connectivity index (χ0n) is 45.4. The summed E-state index contributed by atoms with van der Waals surface area (Å²) in [6.07, 6.45) is 62.5. The number of likely N-dealkylation sites (N-methyl/N-ethyl adjacent to an activating group) is 1. The largest absolute Gasteiger partial charge is 0.756 e. The summed E-state index contributed by atoms with van der Waals surface area (Å²) >= 11 is 0. The number of nitrogens with zero attached hydrogens (tertiary/aromatic N) is 1. The molecule has 0 spiro atoms. The molecule has 2 N–H and O–H groups in total. The van der Waals surface area contributed by atoms with Crippen LogP contribution in [0.1, 0.15) is 290 Å². The van der Waals surface area contributed by atoms with E-state index in [1.807, 2.05) is 27.2 Å². The number of aliphatic hydroxyl groups is 1. The first-order valence-corrected chi connectivity index (χ1v) is 30.7. The van der Waals surface area contributed by atoms with E-state index in [1.165, 1.54) is 231 Å². The molecule has 0 saturated carbocycles. The van der Waals surface area contributed by atoms with Crippen LogP contribution in [0.25, 0.3) is 0 Å². The highest BCUT2D eigenvalue weighted by molar-refractivity contribution is 7.45. The molecule has 0 aliphatic carbocycles. The van der Waals surface area contributed by atoms with Crippen LogP contribution >= 0.6 is 7.82 Å². The van der Waals surface area contributed by atoms with E-state index in [9.17, 15) is 19.4 Å². The second-order valence-corrected chi connectivity index (χ2v) is 22.8. The summed E-state index contributed by atoms with van der Waals surface area (Å²) in [7, 11) is 1.27. The third-order valence-electron chi connectivity index (χ3n) is 13.4. The number of allylic oxidation sites excluding steroid dienone is 3. The number of carbonyl (C=O) groups is 1. The number of aliphatic hydroxyl groups excluding tert-OH is 1. The van der Waals surface area contributed by atoms with Gasteiger partial charge in [0.1, 0.15) is 13.2 Å². The molecular weight excluding hydrogens is 852 g/mol. The van der Waals surface area contributed by atoms with Gasteiger partial charge in [0.15, 0.2) is 0 Å². The van der Waals surface area contributed by atoms with Gasteiger partial charge in [-0.3, -0.25) is 9.36 Å². The van der Waals surface area contributed by atoms with Gasteiger partial charge in [-0.05, 0) is 44.9 Å². The zero-order chi connectivity index (χ0) is 49.2. The second-order valence-electron chi connectivity index (χ2n) is 21.4. The van der Waals surface area contributed by atoms with Crippen LogP contribution in [0.15, 0.2) is 24.3 Å². The summed E-state index contributed by atoms with van der Waals surface area (Å²) in [5, 5.41) is 13.9. The fourth-order valence-electron chi connectivity index (χ4n) is 8.80. The van der Waals surface area contributed by atoms with E-state index in [0.29, 0.717) is 17.4 Å². The van der Waals surface area contributed by atoms with Crippen molar-refractivity contribution in [3.05, 3.63) is 24.3 Å². The van der Waals surface area contributed by atoms with E-state index in [-0.39, 0.29) is 19.1 Å². The molecule has 3 unspecified atom stereocenters. The molecular formula is C58H115N2O6P. The molecule has 1 amide bonds. The van der Waals surface area contributed by atoms with Crippen LogP contribution in [-0.2, 0) is 18.4 Å². The van der Waals surface area contributed by atoms with Crippen molar-refractivity contribution in [3.8, 4) is 0 Å². The number of phosphoric ester groups is 1. The SMILES string of the molecule is CCCCCCCCCCC/C=C\CCCCCCCCCC(=O)NC(COP(=O)([O-])OCC[N+](C)(C)C)C(O)/C=C/CCCCCCCCCCCCCCCCCCCCCCCCC. The van der Waals surface area contributed by atoms with Gasteiger partial charge in [0, 0.05) is 6.42 Å². The number of rotatable bonds is 54. The Bertz CT molecular complexity index is 1140. The van der Waals surface area contributed by atoms with E-state index in [4.69, 9.17) is 9.05 Å². The predicted octanol–water partition coefficient (Wildman–Crippen LogP) is 17.0. The standard InChI is InChI=1S/C58H115N2O6P/c1-6-8-10-12-14-16-18-20-22-24-26-28-29-30-31-32-33-35-37-39-41-43-45-47-49-51-57(61)56(55-66-67(63,64)65-54-53-60(3,4)5)59-58(62)52-50-48-46-44-42-40-38-36-34-27-25-23-21-19-17-15-13-11-9-7-2/h27,34,49,51,56-57,61H,6-26,28-33,35-48,50,52-55H2,1-5H3,(H-,59,62,63,64)/b34-27-,51-49+. The van der Waals surface area contributed by atoms with Gasteiger partial charge in [-0.1, -0.05) is 263 Å². The molecule has 0 heterocycles. The minimum absolute atomic E-state index is 0.000186. The van der Waals surface area contributed by atoms with Crippen LogP contribution in [0.4, 0.5) is 0 Å². The Labute approximate surface area is 417 Å². The summed E-state index contributed by atoms with van der Waals surface area (Å²) in [5.41, 5.74) is 0. The van der Waals surface area contributed by atoms with Crippen molar-refractivity contribution in [2.75, 3.05) is 40.9 Å². The number of carbonyl (C=O) groups excluding carboxylic acids is 1. The fourth-order valence-corrected chi connectivity index (χ4v) is 9.52. The molecule has 0 aromatic heterocycles. The Morgan fingerprint density at radius 1 is 0.507 bits per heavy atom. The van der Waals surface area contributed by atoms with Crippen LogP contribution in [0, 0.1) is 0 Å². The minimum Gasteiger partial charge on any atom is -0.756 e. The van der Waals surface area contributed by atoms with Crippen molar-refractivity contribution in [3.63, 3.8) is 0 Å². The Morgan fingerprint density at radius 3 is 1.16 bits per heavy atom. The molecule has 0 rings (SSSR count). The number of quaternary nitrogens is 1. The summed E-state index contributed by atoms with van der Waals surface area (Å²) < 4.78 is 23.4. The summed E-state index contributed by atoms with van der Waals surface area (Å²) in [6.45, 7) is 4.69. The van der Waals surface area contributed by atoms with Gasteiger partial charge < -0.3 is 28.8 Å². The number of hydrogen-bond acceptors (Lipinski definition) is 6. The molecule has 8 nitrogen and oxygen atoms in total. The van der Waals surface area contributed by atoms with E-state index >= 15 is 0 Å².